The summed E-state index contributed by atoms with van der Waals surface area (Å²) in [5.74, 6) is 0.443. The van der Waals surface area contributed by atoms with Gasteiger partial charge in [0, 0.05) is 5.02 Å². The van der Waals surface area contributed by atoms with Crippen molar-refractivity contribution >= 4 is 11.6 Å². The van der Waals surface area contributed by atoms with Gasteiger partial charge >= 0.3 is 0 Å². The van der Waals surface area contributed by atoms with Gasteiger partial charge in [0.25, 0.3) is 0 Å². The Hall–Kier alpha value is -0.530. The summed E-state index contributed by atoms with van der Waals surface area (Å²) in [5, 5.41) is 0.837. The summed E-state index contributed by atoms with van der Waals surface area (Å²) in [5.41, 5.74) is 8.03. The maximum absolute atomic E-state index is 6.03. The third-order valence-corrected chi connectivity index (χ3v) is 2.85. The molecule has 0 aliphatic rings. The van der Waals surface area contributed by atoms with E-state index in [1.807, 2.05) is 13.0 Å². The lowest BCUT2D eigenvalue weighted by atomic mass is 9.96. The standard InChI is InChI=1S/C11H16ClN/c1-3-9(7-13)10-5-4-8(2)11(12)6-10/h4-6,9H,3,7,13H2,1-2H3. The van der Waals surface area contributed by atoms with Crippen LogP contribution in [0.3, 0.4) is 0 Å². The zero-order chi connectivity index (χ0) is 9.84. The molecule has 0 aromatic heterocycles. The maximum Gasteiger partial charge on any atom is 0.0438 e. The Labute approximate surface area is 84.9 Å². The van der Waals surface area contributed by atoms with E-state index in [2.05, 4.69) is 19.1 Å². The molecule has 1 aromatic carbocycles. The van der Waals surface area contributed by atoms with Gasteiger partial charge in [0.05, 0.1) is 0 Å². The summed E-state index contributed by atoms with van der Waals surface area (Å²) in [6, 6.07) is 6.19. The van der Waals surface area contributed by atoms with E-state index >= 15 is 0 Å². The van der Waals surface area contributed by atoms with Crippen LogP contribution in [0.5, 0.6) is 0 Å². The average molecular weight is 198 g/mol. The largest absolute Gasteiger partial charge is 0.330 e. The lowest BCUT2D eigenvalue weighted by Gasteiger charge is -2.13. The van der Waals surface area contributed by atoms with E-state index < -0.39 is 0 Å². The first-order valence-corrected chi connectivity index (χ1v) is 5.03. The minimum Gasteiger partial charge on any atom is -0.330 e. The molecule has 72 valence electrons. The lowest BCUT2D eigenvalue weighted by molar-refractivity contribution is 0.674. The highest BCUT2D eigenvalue weighted by molar-refractivity contribution is 6.31. The molecule has 0 aliphatic carbocycles. The Bertz CT molecular complexity index is 279. The molecule has 2 N–H and O–H groups in total. The smallest absolute Gasteiger partial charge is 0.0438 e. The molecule has 0 aliphatic heterocycles. The topological polar surface area (TPSA) is 26.0 Å². The Morgan fingerprint density at radius 1 is 1.46 bits per heavy atom. The normalized spacial score (nSPS) is 12.9. The molecule has 13 heavy (non-hydrogen) atoms. The molecule has 1 aromatic rings. The molecule has 0 saturated carbocycles. The van der Waals surface area contributed by atoms with E-state index in [0.29, 0.717) is 12.5 Å². The van der Waals surface area contributed by atoms with Crippen LogP contribution in [0.4, 0.5) is 0 Å². The van der Waals surface area contributed by atoms with Crippen LogP contribution < -0.4 is 5.73 Å². The number of halogens is 1. The summed E-state index contributed by atoms with van der Waals surface area (Å²) in [6.45, 7) is 4.84. The van der Waals surface area contributed by atoms with Crippen LogP contribution in [-0.4, -0.2) is 6.54 Å². The third kappa shape index (κ3) is 2.45. The summed E-state index contributed by atoms with van der Waals surface area (Å²) in [4.78, 5) is 0. The number of hydrogen-bond acceptors (Lipinski definition) is 1. The van der Waals surface area contributed by atoms with Crippen molar-refractivity contribution in [3.05, 3.63) is 34.3 Å². The van der Waals surface area contributed by atoms with Gasteiger partial charge in [0.2, 0.25) is 0 Å². The SMILES string of the molecule is CCC(CN)c1ccc(C)c(Cl)c1. The molecule has 0 fully saturated rings. The van der Waals surface area contributed by atoms with Crippen LogP contribution >= 0.6 is 11.6 Å². The summed E-state index contributed by atoms with van der Waals surface area (Å²) in [6.07, 6.45) is 1.07. The Balaban J connectivity index is 2.95. The van der Waals surface area contributed by atoms with Crippen LogP contribution in [0, 0.1) is 6.92 Å². The number of nitrogens with two attached hydrogens (primary N) is 1. The Morgan fingerprint density at radius 2 is 2.15 bits per heavy atom. The van der Waals surface area contributed by atoms with E-state index in [0.717, 1.165) is 17.0 Å². The number of aryl methyl sites for hydroxylation is 1. The zero-order valence-electron chi connectivity index (χ0n) is 8.18. The van der Waals surface area contributed by atoms with Gasteiger partial charge in [0.1, 0.15) is 0 Å². The molecule has 1 atom stereocenters. The van der Waals surface area contributed by atoms with Crippen LogP contribution in [0.15, 0.2) is 18.2 Å². The van der Waals surface area contributed by atoms with Crippen molar-refractivity contribution in [2.24, 2.45) is 5.73 Å². The quantitative estimate of drug-likeness (QED) is 0.792. The fraction of sp³-hybridized carbons (Fsp3) is 0.455. The minimum absolute atomic E-state index is 0.443. The second kappa shape index (κ2) is 4.64. The highest BCUT2D eigenvalue weighted by atomic mass is 35.5. The monoisotopic (exact) mass is 197 g/mol. The average Bonchev–Trinajstić information content (AvgIpc) is 2.13. The number of rotatable bonds is 3. The third-order valence-electron chi connectivity index (χ3n) is 2.44. The molecule has 0 bridgehead atoms. The molecular formula is C11H16ClN. The van der Waals surface area contributed by atoms with Crippen molar-refractivity contribution in [3.8, 4) is 0 Å². The molecular weight excluding hydrogens is 182 g/mol. The van der Waals surface area contributed by atoms with E-state index in [1.165, 1.54) is 5.56 Å². The fourth-order valence-electron chi connectivity index (χ4n) is 1.40. The fourth-order valence-corrected chi connectivity index (χ4v) is 1.59. The highest BCUT2D eigenvalue weighted by Gasteiger charge is 2.07. The summed E-state index contributed by atoms with van der Waals surface area (Å²) < 4.78 is 0. The summed E-state index contributed by atoms with van der Waals surface area (Å²) in [7, 11) is 0. The Kier molecular flexibility index (Phi) is 3.76. The number of hydrogen-bond donors (Lipinski definition) is 1. The van der Waals surface area contributed by atoms with Crippen molar-refractivity contribution < 1.29 is 0 Å². The van der Waals surface area contributed by atoms with E-state index in [9.17, 15) is 0 Å². The van der Waals surface area contributed by atoms with Crippen molar-refractivity contribution in [1.82, 2.24) is 0 Å². The van der Waals surface area contributed by atoms with Gasteiger partial charge < -0.3 is 5.73 Å². The van der Waals surface area contributed by atoms with E-state index in [1.54, 1.807) is 0 Å². The first-order chi connectivity index (χ1) is 6.19. The molecule has 0 amide bonds. The molecule has 0 saturated heterocycles. The molecule has 0 heterocycles. The van der Waals surface area contributed by atoms with Crippen molar-refractivity contribution in [3.63, 3.8) is 0 Å². The molecule has 0 spiro atoms. The van der Waals surface area contributed by atoms with E-state index in [-0.39, 0.29) is 0 Å². The summed E-state index contributed by atoms with van der Waals surface area (Å²) >= 11 is 6.03. The molecule has 2 heteroatoms. The van der Waals surface area contributed by atoms with Gasteiger partial charge in [-0.3, -0.25) is 0 Å². The van der Waals surface area contributed by atoms with Crippen molar-refractivity contribution in [2.75, 3.05) is 6.54 Å². The molecule has 1 nitrogen and oxygen atoms in total. The minimum atomic E-state index is 0.443. The van der Waals surface area contributed by atoms with Crippen molar-refractivity contribution in [1.29, 1.82) is 0 Å². The van der Waals surface area contributed by atoms with Crippen LogP contribution in [-0.2, 0) is 0 Å². The van der Waals surface area contributed by atoms with Crippen LogP contribution in [0.1, 0.15) is 30.4 Å². The second-order valence-electron chi connectivity index (χ2n) is 3.35. The van der Waals surface area contributed by atoms with Crippen LogP contribution in [0.25, 0.3) is 0 Å². The van der Waals surface area contributed by atoms with Gasteiger partial charge in [0.15, 0.2) is 0 Å². The second-order valence-corrected chi connectivity index (χ2v) is 3.76. The van der Waals surface area contributed by atoms with Gasteiger partial charge in [-0.1, -0.05) is 30.7 Å². The molecule has 1 unspecified atom stereocenters. The van der Waals surface area contributed by atoms with Gasteiger partial charge in [-0.05, 0) is 43.0 Å². The first kappa shape index (κ1) is 10.6. The van der Waals surface area contributed by atoms with Gasteiger partial charge in [-0.25, -0.2) is 0 Å². The lowest BCUT2D eigenvalue weighted by Crippen LogP contribution is -2.11. The molecule has 0 radical (unpaired) electrons. The predicted octanol–water partition coefficient (Wildman–Crippen LogP) is 3.10. The van der Waals surface area contributed by atoms with Gasteiger partial charge in [-0.2, -0.15) is 0 Å². The highest BCUT2D eigenvalue weighted by Crippen LogP contribution is 2.23. The van der Waals surface area contributed by atoms with Gasteiger partial charge in [-0.15, -0.1) is 0 Å². The van der Waals surface area contributed by atoms with Crippen molar-refractivity contribution in [2.45, 2.75) is 26.2 Å². The maximum atomic E-state index is 6.03. The Morgan fingerprint density at radius 3 is 2.62 bits per heavy atom. The van der Waals surface area contributed by atoms with Crippen LogP contribution in [0.2, 0.25) is 5.02 Å². The predicted molar refractivity (Wildman–Crippen MR) is 58.3 cm³/mol. The first-order valence-electron chi connectivity index (χ1n) is 4.65. The zero-order valence-corrected chi connectivity index (χ0v) is 8.93. The molecule has 1 rings (SSSR count). The number of benzene rings is 1. The van der Waals surface area contributed by atoms with E-state index in [4.69, 9.17) is 17.3 Å².